The fourth-order valence-corrected chi connectivity index (χ4v) is 5.59. The number of hydrogen-bond donors (Lipinski definition) is 1. The Hall–Kier alpha value is -1.51. The number of nitrogen functional groups attached to an aromatic ring is 1. The Morgan fingerprint density at radius 2 is 2.00 bits per heavy atom. The molecule has 3 heteroatoms. The molecule has 2 aliphatic rings. The van der Waals surface area contributed by atoms with E-state index in [0.717, 1.165) is 37.8 Å². The molecular weight excluding hydrogens is 298 g/mol. The van der Waals surface area contributed by atoms with E-state index in [-0.39, 0.29) is 16.8 Å². The van der Waals surface area contributed by atoms with Crippen LogP contribution in [-0.2, 0) is 21.4 Å². The van der Waals surface area contributed by atoms with Crippen LogP contribution in [0.5, 0.6) is 0 Å². The van der Waals surface area contributed by atoms with Gasteiger partial charge in [-0.1, -0.05) is 39.3 Å². The molecule has 132 valence electrons. The summed E-state index contributed by atoms with van der Waals surface area (Å²) in [5.41, 5.74) is 11.1. The van der Waals surface area contributed by atoms with Crippen molar-refractivity contribution < 1.29 is 9.53 Å². The van der Waals surface area contributed by atoms with E-state index in [0.29, 0.717) is 11.8 Å². The minimum absolute atomic E-state index is 0.0123. The van der Waals surface area contributed by atoms with Crippen molar-refractivity contribution in [3.8, 4) is 0 Å². The molecule has 0 spiro atoms. The maximum atomic E-state index is 12.6. The first-order valence-corrected chi connectivity index (χ1v) is 9.26. The highest BCUT2D eigenvalue weighted by molar-refractivity contribution is 5.77. The van der Waals surface area contributed by atoms with Crippen LogP contribution >= 0.6 is 0 Å². The van der Waals surface area contributed by atoms with Crippen molar-refractivity contribution >= 4 is 11.7 Å². The average Bonchev–Trinajstić information content (AvgIpc) is 2.54. The number of methoxy groups -OCH3 is 1. The van der Waals surface area contributed by atoms with Crippen LogP contribution in [0.25, 0.3) is 0 Å². The minimum Gasteiger partial charge on any atom is -0.469 e. The van der Waals surface area contributed by atoms with Gasteiger partial charge < -0.3 is 10.5 Å². The third-order valence-corrected chi connectivity index (χ3v) is 6.89. The molecule has 1 aromatic carbocycles. The first kappa shape index (κ1) is 17.3. The highest BCUT2D eigenvalue weighted by Crippen LogP contribution is 2.58. The van der Waals surface area contributed by atoms with E-state index in [2.05, 4.69) is 39.8 Å². The number of carbonyl (C=O) groups is 1. The third kappa shape index (κ3) is 2.28. The van der Waals surface area contributed by atoms with Gasteiger partial charge in [-0.3, -0.25) is 4.79 Å². The maximum absolute atomic E-state index is 12.6. The molecule has 2 N–H and O–H groups in total. The molecule has 3 rings (SSSR count). The van der Waals surface area contributed by atoms with Gasteiger partial charge in [0.15, 0.2) is 0 Å². The van der Waals surface area contributed by atoms with Gasteiger partial charge in [-0.05, 0) is 66.5 Å². The molecule has 0 saturated heterocycles. The first-order valence-electron chi connectivity index (χ1n) is 9.26. The molecule has 1 saturated carbocycles. The Bertz CT molecular complexity index is 666. The molecule has 0 unspecified atom stereocenters. The Morgan fingerprint density at radius 3 is 2.62 bits per heavy atom. The summed E-state index contributed by atoms with van der Waals surface area (Å²) < 4.78 is 5.19. The summed E-state index contributed by atoms with van der Waals surface area (Å²) in [5, 5.41) is 0. The Kier molecular flexibility index (Phi) is 4.17. The van der Waals surface area contributed by atoms with E-state index < -0.39 is 0 Å². The Labute approximate surface area is 146 Å². The van der Waals surface area contributed by atoms with Gasteiger partial charge in [-0.2, -0.15) is 0 Å². The Morgan fingerprint density at radius 1 is 1.29 bits per heavy atom. The van der Waals surface area contributed by atoms with Gasteiger partial charge in [0.05, 0.1) is 12.5 Å². The second-order valence-corrected chi connectivity index (χ2v) is 8.52. The highest BCUT2D eigenvalue weighted by atomic mass is 16.5. The zero-order valence-electron chi connectivity index (χ0n) is 15.7. The van der Waals surface area contributed by atoms with E-state index in [1.807, 2.05) is 0 Å². The summed E-state index contributed by atoms with van der Waals surface area (Å²) >= 11 is 0. The molecule has 24 heavy (non-hydrogen) atoms. The quantitative estimate of drug-likeness (QED) is 0.638. The van der Waals surface area contributed by atoms with Gasteiger partial charge in [-0.15, -0.1) is 0 Å². The molecule has 3 nitrogen and oxygen atoms in total. The molecular formula is C21H31NO2. The van der Waals surface area contributed by atoms with Crippen molar-refractivity contribution in [3.63, 3.8) is 0 Å². The molecule has 0 amide bonds. The second kappa shape index (κ2) is 5.79. The lowest BCUT2D eigenvalue weighted by Crippen LogP contribution is -2.52. The number of rotatable bonds is 2. The smallest absolute Gasteiger partial charge is 0.311 e. The van der Waals surface area contributed by atoms with Crippen LogP contribution in [-0.4, -0.2) is 13.1 Å². The van der Waals surface area contributed by atoms with Gasteiger partial charge in [0.25, 0.3) is 0 Å². The number of ether oxygens (including phenoxy) is 1. The van der Waals surface area contributed by atoms with Crippen molar-refractivity contribution in [3.05, 3.63) is 28.8 Å². The fourth-order valence-electron chi connectivity index (χ4n) is 5.59. The maximum Gasteiger partial charge on any atom is 0.311 e. The summed E-state index contributed by atoms with van der Waals surface area (Å²) in [6, 6.07) is 4.49. The summed E-state index contributed by atoms with van der Waals surface area (Å²) in [4.78, 5) is 12.6. The highest BCUT2D eigenvalue weighted by Gasteiger charge is 2.55. The number of anilines is 1. The normalized spacial score (nSPS) is 32.2. The zero-order valence-corrected chi connectivity index (χ0v) is 15.7. The third-order valence-electron chi connectivity index (χ3n) is 6.89. The van der Waals surface area contributed by atoms with Gasteiger partial charge in [0.1, 0.15) is 0 Å². The van der Waals surface area contributed by atoms with E-state index >= 15 is 0 Å². The molecule has 0 heterocycles. The molecule has 0 bridgehead atoms. The van der Waals surface area contributed by atoms with Crippen molar-refractivity contribution in [1.82, 2.24) is 0 Å². The predicted molar refractivity (Wildman–Crippen MR) is 98.1 cm³/mol. The average molecular weight is 329 g/mol. The largest absolute Gasteiger partial charge is 0.469 e. The zero-order chi connectivity index (χ0) is 17.7. The molecule has 2 aliphatic carbocycles. The van der Waals surface area contributed by atoms with Crippen LogP contribution in [0, 0.1) is 11.3 Å². The van der Waals surface area contributed by atoms with Gasteiger partial charge >= 0.3 is 5.97 Å². The molecule has 0 aliphatic heterocycles. The SMILES string of the molecule is COC(=O)[C@]1(C)CCC[C@@]2(C)c3ccc(C(C)C)c(N)c3CC[C@H]12. The number of esters is 1. The van der Waals surface area contributed by atoms with E-state index in [4.69, 9.17) is 10.5 Å². The topological polar surface area (TPSA) is 52.3 Å². The lowest BCUT2D eigenvalue weighted by molar-refractivity contribution is -0.161. The van der Waals surface area contributed by atoms with Crippen LogP contribution in [0.3, 0.4) is 0 Å². The van der Waals surface area contributed by atoms with Gasteiger partial charge in [0.2, 0.25) is 0 Å². The van der Waals surface area contributed by atoms with Crippen molar-refractivity contribution in [2.24, 2.45) is 11.3 Å². The molecule has 1 aromatic rings. The van der Waals surface area contributed by atoms with E-state index in [1.54, 1.807) is 0 Å². The standard InChI is InChI=1S/C21H31NO2/c1-13(2)14-7-9-16-15(18(14)22)8-10-17-20(16,3)11-6-12-21(17,4)19(23)24-5/h7,9,13,17H,6,8,10-12,22H2,1-5H3/t17-,20-,21+/m0/s1. The van der Waals surface area contributed by atoms with E-state index in [9.17, 15) is 4.79 Å². The van der Waals surface area contributed by atoms with Gasteiger partial charge in [0, 0.05) is 5.69 Å². The van der Waals surface area contributed by atoms with Gasteiger partial charge in [-0.25, -0.2) is 0 Å². The lowest BCUT2D eigenvalue weighted by Gasteiger charge is -2.54. The predicted octanol–water partition coefficient (Wildman–Crippen LogP) is 4.58. The number of fused-ring (bicyclic) bond motifs is 3. The number of benzene rings is 1. The van der Waals surface area contributed by atoms with Crippen LogP contribution < -0.4 is 5.73 Å². The summed E-state index contributed by atoms with van der Waals surface area (Å²) in [5.74, 6) is 0.712. The van der Waals surface area contributed by atoms with Crippen molar-refractivity contribution in [2.45, 2.75) is 71.1 Å². The minimum atomic E-state index is -0.384. The monoisotopic (exact) mass is 329 g/mol. The number of carbonyl (C=O) groups excluding carboxylic acids is 1. The number of nitrogens with two attached hydrogens (primary N) is 1. The fraction of sp³-hybridized carbons (Fsp3) is 0.667. The molecule has 1 fully saturated rings. The second-order valence-electron chi connectivity index (χ2n) is 8.52. The first-order chi connectivity index (χ1) is 11.3. The van der Waals surface area contributed by atoms with Crippen molar-refractivity contribution in [1.29, 1.82) is 0 Å². The molecule has 0 aromatic heterocycles. The van der Waals surface area contributed by atoms with Crippen LogP contribution in [0.1, 0.15) is 76.0 Å². The lowest BCUT2D eigenvalue weighted by atomic mass is 9.49. The molecule has 0 radical (unpaired) electrons. The summed E-state index contributed by atoms with van der Waals surface area (Å²) in [7, 11) is 1.52. The van der Waals surface area contributed by atoms with Crippen LogP contribution in [0.2, 0.25) is 0 Å². The van der Waals surface area contributed by atoms with Crippen LogP contribution in [0.15, 0.2) is 12.1 Å². The van der Waals surface area contributed by atoms with Crippen LogP contribution in [0.4, 0.5) is 5.69 Å². The molecule has 3 atom stereocenters. The van der Waals surface area contributed by atoms with E-state index in [1.165, 1.54) is 23.8 Å². The Balaban J connectivity index is 2.11. The summed E-state index contributed by atoms with van der Waals surface area (Å²) in [6.45, 7) is 8.84. The van der Waals surface area contributed by atoms with Crippen molar-refractivity contribution in [2.75, 3.05) is 12.8 Å². The number of hydrogen-bond acceptors (Lipinski definition) is 3. The summed E-state index contributed by atoms with van der Waals surface area (Å²) in [6.07, 6.45) is 5.09.